The normalized spacial score (nSPS) is 11.8. The first-order valence-electron chi connectivity index (χ1n) is 7.79. The maximum Gasteiger partial charge on any atom is 0.301 e. The van der Waals surface area contributed by atoms with E-state index in [4.69, 9.17) is 21.9 Å². The van der Waals surface area contributed by atoms with E-state index in [1.54, 1.807) is 6.07 Å². The summed E-state index contributed by atoms with van der Waals surface area (Å²) in [5.41, 5.74) is 5.73. The molecule has 0 radical (unpaired) electrons. The molecule has 25 heavy (non-hydrogen) atoms. The number of benzene rings is 2. The number of hydrogen-bond acceptors (Lipinski definition) is 4. The molecule has 5 nitrogen and oxygen atoms in total. The van der Waals surface area contributed by atoms with E-state index in [1.165, 1.54) is 6.26 Å². The Morgan fingerprint density at radius 2 is 1.92 bits per heavy atom. The predicted octanol–water partition coefficient (Wildman–Crippen LogP) is 4.38. The van der Waals surface area contributed by atoms with Crippen LogP contribution in [0.25, 0.3) is 11.1 Å². The van der Waals surface area contributed by atoms with Crippen LogP contribution in [0.2, 0.25) is 5.02 Å². The molecule has 1 atom stereocenters. The standard InChI is InChI=1S/C19H18ClN3O2/c1-12(22-16-4-2-3-15(20)11-16)13-5-7-14(8-6-13)17-9-10-25-18(17)19(24)23-21/h2-12,22H,21H2,1H3,(H,23,24)/t12-/m1/s1. The van der Waals surface area contributed by atoms with Crippen molar-refractivity contribution in [2.45, 2.75) is 13.0 Å². The van der Waals surface area contributed by atoms with E-state index in [0.717, 1.165) is 16.8 Å². The number of nitrogens with one attached hydrogen (secondary N) is 2. The van der Waals surface area contributed by atoms with Crippen molar-refractivity contribution in [3.8, 4) is 11.1 Å². The third kappa shape index (κ3) is 3.84. The highest BCUT2D eigenvalue weighted by Crippen LogP contribution is 2.27. The van der Waals surface area contributed by atoms with Gasteiger partial charge in [-0.2, -0.15) is 0 Å². The second-order valence-electron chi connectivity index (χ2n) is 5.64. The Bertz CT molecular complexity index is 874. The van der Waals surface area contributed by atoms with Crippen LogP contribution in [0.15, 0.2) is 65.3 Å². The maximum absolute atomic E-state index is 11.7. The van der Waals surface area contributed by atoms with Crippen molar-refractivity contribution in [3.63, 3.8) is 0 Å². The number of hydrazine groups is 1. The minimum atomic E-state index is -0.458. The highest BCUT2D eigenvalue weighted by Gasteiger charge is 2.16. The van der Waals surface area contributed by atoms with Crippen LogP contribution in [-0.2, 0) is 0 Å². The van der Waals surface area contributed by atoms with Crippen molar-refractivity contribution >= 4 is 23.2 Å². The molecule has 6 heteroatoms. The number of amides is 1. The first-order chi connectivity index (χ1) is 12.1. The average molecular weight is 356 g/mol. The maximum atomic E-state index is 11.7. The molecule has 0 aliphatic rings. The zero-order valence-corrected chi connectivity index (χ0v) is 14.4. The molecule has 0 spiro atoms. The van der Waals surface area contributed by atoms with Crippen LogP contribution >= 0.6 is 11.6 Å². The third-order valence-corrected chi connectivity index (χ3v) is 4.17. The van der Waals surface area contributed by atoms with E-state index >= 15 is 0 Å². The van der Waals surface area contributed by atoms with Gasteiger partial charge in [-0.05, 0) is 42.3 Å². The fourth-order valence-corrected chi connectivity index (χ4v) is 2.83. The summed E-state index contributed by atoms with van der Waals surface area (Å²) in [5, 5.41) is 4.10. The van der Waals surface area contributed by atoms with E-state index in [-0.39, 0.29) is 11.8 Å². The molecule has 3 rings (SSSR count). The van der Waals surface area contributed by atoms with Gasteiger partial charge in [0.25, 0.3) is 0 Å². The van der Waals surface area contributed by atoms with Gasteiger partial charge in [-0.25, -0.2) is 5.84 Å². The lowest BCUT2D eigenvalue weighted by molar-refractivity contribution is 0.0927. The number of nitrogens with two attached hydrogens (primary N) is 1. The molecule has 0 bridgehead atoms. The molecule has 2 aromatic carbocycles. The van der Waals surface area contributed by atoms with E-state index in [9.17, 15) is 4.79 Å². The molecule has 0 aliphatic heterocycles. The second-order valence-corrected chi connectivity index (χ2v) is 6.07. The van der Waals surface area contributed by atoms with Crippen LogP contribution < -0.4 is 16.6 Å². The SMILES string of the molecule is C[C@@H](Nc1cccc(Cl)c1)c1ccc(-c2ccoc2C(=O)NN)cc1. The van der Waals surface area contributed by atoms with Crippen LogP contribution in [0.4, 0.5) is 5.69 Å². The Labute approximate surface area is 150 Å². The molecule has 1 aromatic heterocycles. The number of carbonyl (C=O) groups excluding carboxylic acids is 1. The fourth-order valence-electron chi connectivity index (χ4n) is 2.64. The van der Waals surface area contributed by atoms with E-state index in [2.05, 4.69) is 17.7 Å². The van der Waals surface area contributed by atoms with Gasteiger partial charge in [0.05, 0.1) is 6.26 Å². The van der Waals surface area contributed by atoms with Crippen LogP contribution in [0.3, 0.4) is 0 Å². The summed E-state index contributed by atoms with van der Waals surface area (Å²) in [5.74, 6) is 4.92. The zero-order valence-electron chi connectivity index (χ0n) is 13.6. The number of nitrogen functional groups attached to an aromatic ring is 1. The first-order valence-corrected chi connectivity index (χ1v) is 8.17. The van der Waals surface area contributed by atoms with Gasteiger partial charge in [-0.3, -0.25) is 10.2 Å². The number of hydrogen-bond donors (Lipinski definition) is 3. The lowest BCUT2D eigenvalue weighted by Crippen LogP contribution is -2.29. The zero-order chi connectivity index (χ0) is 17.8. The number of carbonyl (C=O) groups is 1. The average Bonchev–Trinajstić information content (AvgIpc) is 3.11. The van der Waals surface area contributed by atoms with E-state index < -0.39 is 5.91 Å². The summed E-state index contributed by atoms with van der Waals surface area (Å²) in [6.07, 6.45) is 1.47. The van der Waals surface area contributed by atoms with Crippen molar-refractivity contribution in [2.24, 2.45) is 5.84 Å². The molecule has 128 valence electrons. The number of furan rings is 1. The summed E-state index contributed by atoms with van der Waals surface area (Å²) in [6.45, 7) is 2.07. The molecule has 0 fully saturated rings. The lowest BCUT2D eigenvalue weighted by Gasteiger charge is -2.16. The number of halogens is 1. The summed E-state index contributed by atoms with van der Waals surface area (Å²) in [7, 11) is 0. The Kier molecular flexibility index (Phi) is 5.07. The van der Waals surface area contributed by atoms with Crippen LogP contribution in [0.1, 0.15) is 29.1 Å². The van der Waals surface area contributed by atoms with Gasteiger partial charge in [0.15, 0.2) is 5.76 Å². The molecule has 0 unspecified atom stereocenters. The topological polar surface area (TPSA) is 80.3 Å². The Morgan fingerprint density at radius 3 is 2.60 bits per heavy atom. The molecule has 0 aliphatic carbocycles. The summed E-state index contributed by atoms with van der Waals surface area (Å²) < 4.78 is 5.22. The monoisotopic (exact) mass is 355 g/mol. The second kappa shape index (κ2) is 7.42. The van der Waals surface area contributed by atoms with Gasteiger partial charge in [0, 0.05) is 22.3 Å². The largest absolute Gasteiger partial charge is 0.458 e. The fraction of sp³-hybridized carbons (Fsp3) is 0.105. The molecule has 0 saturated heterocycles. The van der Waals surface area contributed by atoms with Crippen LogP contribution in [-0.4, -0.2) is 5.91 Å². The number of anilines is 1. The quantitative estimate of drug-likeness (QED) is 0.360. The Morgan fingerprint density at radius 1 is 1.16 bits per heavy atom. The molecule has 1 heterocycles. The first kappa shape index (κ1) is 17.1. The van der Waals surface area contributed by atoms with Crippen LogP contribution in [0.5, 0.6) is 0 Å². The molecule has 1 amide bonds. The molecular formula is C19H18ClN3O2. The minimum absolute atomic E-state index is 0.101. The molecular weight excluding hydrogens is 338 g/mol. The minimum Gasteiger partial charge on any atom is -0.458 e. The van der Waals surface area contributed by atoms with Crippen molar-refractivity contribution < 1.29 is 9.21 Å². The predicted molar refractivity (Wildman–Crippen MR) is 99.3 cm³/mol. The highest BCUT2D eigenvalue weighted by molar-refractivity contribution is 6.30. The third-order valence-electron chi connectivity index (χ3n) is 3.93. The van der Waals surface area contributed by atoms with E-state index in [0.29, 0.717) is 10.6 Å². The van der Waals surface area contributed by atoms with Crippen molar-refractivity contribution in [2.75, 3.05) is 5.32 Å². The van der Waals surface area contributed by atoms with Gasteiger partial charge >= 0.3 is 5.91 Å². The van der Waals surface area contributed by atoms with Gasteiger partial charge in [0.2, 0.25) is 0 Å². The summed E-state index contributed by atoms with van der Waals surface area (Å²) in [4.78, 5) is 11.7. The van der Waals surface area contributed by atoms with Gasteiger partial charge < -0.3 is 9.73 Å². The van der Waals surface area contributed by atoms with E-state index in [1.807, 2.05) is 48.5 Å². The van der Waals surface area contributed by atoms with Gasteiger partial charge in [-0.1, -0.05) is 41.9 Å². The van der Waals surface area contributed by atoms with Gasteiger partial charge in [-0.15, -0.1) is 0 Å². The molecule has 0 saturated carbocycles. The highest BCUT2D eigenvalue weighted by atomic mass is 35.5. The van der Waals surface area contributed by atoms with Crippen molar-refractivity contribution in [1.82, 2.24) is 5.43 Å². The summed E-state index contributed by atoms with van der Waals surface area (Å²) >= 11 is 6.01. The molecule has 3 aromatic rings. The lowest BCUT2D eigenvalue weighted by atomic mass is 10.0. The van der Waals surface area contributed by atoms with Crippen molar-refractivity contribution in [1.29, 1.82) is 0 Å². The van der Waals surface area contributed by atoms with Crippen molar-refractivity contribution in [3.05, 3.63) is 77.2 Å². The van der Waals surface area contributed by atoms with Crippen LogP contribution in [0, 0.1) is 0 Å². The van der Waals surface area contributed by atoms with Gasteiger partial charge in [0.1, 0.15) is 0 Å². The molecule has 4 N–H and O–H groups in total. The Hall–Kier alpha value is -2.76. The number of rotatable bonds is 5. The Balaban J connectivity index is 1.78. The smallest absolute Gasteiger partial charge is 0.301 e. The summed E-state index contributed by atoms with van der Waals surface area (Å²) in [6, 6.07) is 17.4.